The first-order valence-corrected chi connectivity index (χ1v) is 3.44. The van der Waals surface area contributed by atoms with E-state index in [9.17, 15) is 12.8 Å². The van der Waals surface area contributed by atoms with Crippen LogP contribution in [0.3, 0.4) is 0 Å². The van der Waals surface area contributed by atoms with Gasteiger partial charge in [0.2, 0.25) is 6.86 Å². The molecule has 0 atom stereocenters. The van der Waals surface area contributed by atoms with Crippen LogP contribution in [0.25, 0.3) is 0 Å². The maximum absolute atomic E-state index is 10.8. The Bertz CT molecular complexity index is 128. The van der Waals surface area contributed by atoms with Gasteiger partial charge < -0.3 is 0 Å². The molecule has 7 heavy (non-hydrogen) atoms. The van der Waals surface area contributed by atoms with Gasteiger partial charge >= 0.3 is 9.33 Å². The molecule has 3 nitrogen and oxygen atoms in total. The summed E-state index contributed by atoms with van der Waals surface area (Å²) in [5.74, 6) is 0. The summed E-state index contributed by atoms with van der Waals surface area (Å²) in [7, 11) is 0.266. The first-order chi connectivity index (χ1) is 3.06. The summed E-state index contributed by atoms with van der Waals surface area (Å²) in [6.07, 6.45) is 0. The topological polar surface area (TPSA) is 43.4 Å². The van der Waals surface area contributed by atoms with Crippen LogP contribution >= 0.6 is 10.7 Å². The molecule has 0 aromatic heterocycles. The van der Waals surface area contributed by atoms with Crippen LogP contribution in [0.5, 0.6) is 0 Å². The Morgan fingerprint density at radius 1 is 1.71 bits per heavy atom. The van der Waals surface area contributed by atoms with Gasteiger partial charge in [-0.05, 0) is 0 Å². The lowest BCUT2D eigenvalue weighted by Gasteiger charge is -1.85. The van der Waals surface area contributed by atoms with Crippen LogP contribution in [0, 0.1) is 0 Å². The van der Waals surface area contributed by atoms with Gasteiger partial charge in [0.1, 0.15) is 0 Å². The van der Waals surface area contributed by atoms with Crippen LogP contribution in [0.1, 0.15) is 0 Å². The van der Waals surface area contributed by atoms with E-state index in [1.54, 1.807) is 0 Å². The zero-order chi connectivity index (χ0) is 5.91. The van der Waals surface area contributed by atoms with E-state index in [4.69, 9.17) is 0 Å². The highest BCUT2D eigenvalue weighted by Crippen LogP contribution is 1.96. The summed E-state index contributed by atoms with van der Waals surface area (Å²) in [5, 5.41) is 0. The second-order valence-corrected chi connectivity index (χ2v) is 2.78. The average molecular weight is 149 g/mol. The summed E-state index contributed by atoms with van der Waals surface area (Å²) >= 11 is 0. The fourth-order valence-corrected chi connectivity index (χ4v) is 0.261. The summed E-state index contributed by atoms with van der Waals surface area (Å²) in [4.78, 5) is 0. The molecule has 0 rings (SSSR count). The molecule has 0 saturated carbocycles. The van der Waals surface area contributed by atoms with Crippen molar-refractivity contribution < 1.29 is 17.0 Å². The fourth-order valence-electron chi connectivity index (χ4n) is 0.0532. The largest absolute Gasteiger partial charge is 0.358 e. The molecule has 0 spiro atoms. The fraction of sp³-hybridized carbons (Fsp3) is 1.00. The lowest BCUT2D eigenvalue weighted by atomic mass is 11.6. The van der Waals surface area contributed by atoms with Crippen molar-refractivity contribution >= 4 is 20.0 Å². The quantitative estimate of drug-likeness (QED) is 0.533. The molecule has 0 heterocycles. The normalized spacial score (nSPS) is 11.7. The van der Waals surface area contributed by atoms with Crippen molar-refractivity contribution in [2.24, 2.45) is 0 Å². The van der Waals surface area contributed by atoms with Crippen molar-refractivity contribution in [3.8, 4) is 0 Å². The van der Waals surface area contributed by atoms with Crippen LogP contribution in [0.4, 0.5) is 4.39 Å². The highest BCUT2D eigenvalue weighted by molar-refractivity contribution is 8.09. The van der Waals surface area contributed by atoms with Gasteiger partial charge in [0, 0.05) is 10.7 Å². The summed E-state index contributed by atoms with van der Waals surface area (Å²) in [6, 6.07) is 0. The maximum Gasteiger partial charge on any atom is 0.358 e. The molecule has 0 radical (unpaired) electrons. The zero-order valence-corrected chi connectivity index (χ0v) is 4.67. The minimum atomic E-state index is -4.08. The van der Waals surface area contributed by atoms with E-state index in [0.29, 0.717) is 0 Å². The molecule has 0 aliphatic heterocycles. The first kappa shape index (κ1) is 7.13. The van der Waals surface area contributed by atoms with E-state index in [2.05, 4.69) is 14.9 Å². The molecular formula is CH2ClFO3S. The van der Waals surface area contributed by atoms with Crippen LogP contribution in [-0.2, 0) is 13.5 Å². The standard InChI is InChI=1S/CH2ClFO3S/c2-7(4,5)6-1-3/h1H2. The number of rotatable bonds is 2. The van der Waals surface area contributed by atoms with Crippen molar-refractivity contribution in [2.75, 3.05) is 6.86 Å². The third-order valence-electron chi connectivity index (χ3n) is 0.185. The SMILES string of the molecule is O=S(=O)(Cl)OCF. The molecule has 0 aromatic rings. The zero-order valence-electron chi connectivity index (χ0n) is 3.10. The summed E-state index contributed by atoms with van der Waals surface area (Å²) in [6.45, 7) is -1.41. The van der Waals surface area contributed by atoms with Crippen LogP contribution in [0.15, 0.2) is 0 Å². The summed E-state index contributed by atoms with van der Waals surface area (Å²) in [5.41, 5.74) is 0. The Hall–Kier alpha value is 0.130. The highest BCUT2D eigenvalue weighted by Gasteiger charge is 2.00. The van der Waals surface area contributed by atoms with Gasteiger partial charge in [-0.3, -0.25) is 0 Å². The van der Waals surface area contributed by atoms with Gasteiger partial charge in [-0.25, -0.2) is 8.57 Å². The minimum Gasteiger partial charge on any atom is -0.224 e. The smallest absolute Gasteiger partial charge is 0.224 e. The van der Waals surface area contributed by atoms with Gasteiger partial charge in [-0.1, -0.05) is 0 Å². The van der Waals surface area contributed by atoms with E-state index < -0.39 is 16.2 Å². The second kappa shape index (κ2) is 2.44. The molecule has 0 fully saturated rings. The molecule has 0 aromatic carbocycles. The van der Waals surface area contributed by atoms with E-state index >= 15 is 0 Å². The van der Waals surface area contributed by atoms with Crippen molar-refractivity contribution in [3.05, 3.63) is 0 Å². The van der Waals surface area contributed by atoms with Crippen LogP contribution in [-0.4, -0.2) is 15.3 Å². The molecule has 0 saturated heterocycles. The van der Waals surface area contributed by atoms with E-state index in [1.165, 1.54) is 0 Å². The Morgan fingerprint density at radius 2 is 2.14 bits per heavy atom. The second-order valence-electron chi connectivity index (χ2n) is 0.620. The molecule has 0 bridgehead atoms. The summed E-state index contributed by atoms with van der Waals surface area (Å²) < 4.78 is 33.2. The lowest BCUT2D eigenvalue weighted by Crippen LogP contribution is -1.93. The third kappa shape index (κ3) is 6.13. The number of halogens is 2. The Balaban J connectivity index is 3.60. The van der Waals surface area contributed by atoms with Crippen molar-refractivity contribution in [1.29, 1.82) is 0 Å². The molecular weight excluding hydrogens is 147 g/mol. The molecule has 0 amide bonds. The maximum atomic E-state index is 10.8. The van der Waals surface area contributed by atoms with Crippen LogP contribution in [0.2, 0.25) is 0 Å². The molecule has 0 aliphatic carbocycles. The van der Waals surface area contributed by atoms with Crippen molar-refractivity contribution in [3.63, 3.8) is 0 Å². The monoisotopic (exact) mass is 148 g/mol. The Labute approximate surface area is 44.7 Å². The first-order valence-electron chi connectivity index (χ1n) is 1.21. The van der Waals surface area contributed by atoms with Gasteiger partial charge in [0.15, 0.2) is 0 Å². The van der Waals surface area contributed by atoms with Gasteiger partial charge in [-0.2, -0.15) is 8.42 Å². The van der Waals surface area contributed by atoms with E-state index in [0.717, 1.165) is 0 Å². The van der Waals surface area contributed by atoms with Gasteiger partial charge in [-0.15, -0.1) is 0 Å². The van der Waals surface area contributed by atoms with Crippen LogP contribution < -0.4 is 0 Å². The van der Waals surface area contributed by atoms with Gasteiger partial charge in [0.05, 0.1) is 0 Å². The van der Waals surface area contributed by atoms with E-state index in [1.807, 2.05) is 0 Å². The Kier molecular flexibility index (Phi) is 2.49. The molecule has 0 N–H and O–H groups in total. The van der Waals surface area contributed by atoms with E-state index in [-0.39, 0.29) is 0 Å². The molecule has 0 aliphatic rings. The molecule has 0 unspecified atom stereocenters. The molecule has 44 valence electrons. The molecule has 6 heteroatoms. The highest BCUT2D eigenvalue weighted by atomic mass is 35.7. The lowest BCUT2D eigenvalue weighted by molar-refractivity contribution is 0.204. The van der Waals surface area contributed by atoms with Gasteiger partial charge in [0.25, 0.3) is 0 Å². The Morgan fingerprint density at radius 3 is 2.14 bits per heavy atom. The minimum absolute atomic E-state index is 1.41. The van der Waals surface area contributed by atoms with Crippen molar-refractivity contribution in [1.82, 2.24) is 0 Å². The predicted molar refractivity (Wildman–Crippen MR) is 21.8 cm³/mol. The number of hydrogen-bond acceptors (Lipinski definition) is 3. The predicted octanol–water partition coefficient (Wildman–Crippen LogP) is 0.414. The average Bonchev–Trinajstić information content (AvgIpc) is 1.30. The van der Waals surface area contributed by atoms with Crippen molar-refractivity contribution in [2.45, 2.75) is 0 Å². The third-order valence-corrected chi connectivity index (χ3v) is 0.823. The number of hydrogen-bond donors (Lipinski definition) is 0. The number of alkyl halides is 1.